The van der Waals surface area contributed by atoms with Crippen LogP contribution in [0.3, 0.4) is 0 Å². The van der Waals surface area contributed by atoms with Crippen LogP contribution in [0, 0.1) is 13.8 Å². The van der Waals surface area contributed by atoms with Crippen molar-refractivity contribution in [1.29, 1.82) is 0 Å². The molecule has 1 amide bonds. The number of nitrogens with one attached hydrogen (secondary N) is 1. The number of esters is 1. The van der Waals surface area contributed by atoms with Gasteiger partial charge in [0, 0.05) is 17.3 Å². The second-order valence-corrected chi connectivity index (χ2v) is 9.20. The van der Waals surface area contributed by atoms with Crippen molar-refractivity contribution >= 4 is 40.0 Å². The number of carbonyl (C=O) groups excluding carboxylic acids is 2. The van der Waals surface area contributed by atoms with E-state index in [1.54, 1.807) is 0 Å². The van der Waals surface area contributed by atoms with Crippen LogP contribution < -0.4 is 5.32 Å². The van der Waals surface area contributed by atoms with Crippen LogP contribution in [-0.2, 0) is 16.1 Å². The molecule has 0 bridgehead atoms. The summed E-state index contributed by atoms with van der Waals surface area (Å²) in [6.45, 7) is 8.22. The molecule has 0 atom stereocenters. The monoisotopic (exact) mass is 434 g/mol. The van der Waals surface area contributed by atoms with Crippen molar-refractivity contribution in [2.75, 3.05) is 18.2 Å². The van der Waals surface area contributed by atoms with Crippen molar-refractivity contribution < 1.29 is 14.3 Å². The second kappa shape index (κ2) is 9.58. The molecule has 0 aromatic carbocycles. The molecular formula is C20H26N4O3S2. The maximum Gasteiger partial charge on any atom is 0.341 e. The summed E-state index contributed by atoms with van der Waals surface area (Å²) in [5.74, 6) is 0.961. The molecule has 1 aliphatic carbocycles. The van der Waals surface area contributed by atoms with Gasteiger partial charge in [0.15, 0.2) is 5.16 Å². The van der Waals surface area contributed by atoms with Gasteiger partial charge in [-0.1, -0.05) is 30.7 Å². The molecule has 9 heteroatoms. The fourth-order valence-corrected chi connectivity index (χ4v) is 5.37. The van der Waals surface area contributed by atoms with Crippen LogP contribution in [0.1, 0.15) is 58.2 Å². The Morgan fingerprint density at radius 3 is 2.72 bits per heavy atom. The van der Waals surface area contributed by atoms with E-state index in [-0.39, 0.29) is 11.7 Å². The Morgan fingerprint density at radius 2 is 2.07 bits per heavy atom. The van der Waals surface area contributed by atoms with E-state index in [1.165, 1.54) is 43.1 Å². The molecule has 1 N–H and O–H groups in total. The number of anilines is 1. The van der Waals surface area contributed by atoms with Gasteiger partial charge in [0.25, 0.3) is 0 Å². The summed E-state index contributed by atoms with van der Waals surface area (Å²) in [6, 6.07) is 0. The molecule has 7 nitrogen and oxygen atoms in total. The Balaban J connectivity index is 1.69. The number of carbonyl (C=O) groups is 2. The van der Waals surface area contributed by atoms with Crippen molar-refractivity contribution in [2.45, 2.75) is 57.1 Å². The van der Waals surface area contributed by atoms with E-state index in [1.807, 2.05) is 19.9 Å². The van der Waals surface area contributed by atoms with Gasteiger partial charge in [0.05, 0.1) is 18.4 Å². The van der Waals surface area contributed by atoms with Crippen LogP contribution in [0.15, 0.2) is 17.8 Å². The lowest BCUT2D eigenvalue weighted by Gasteiger charge is -2.12. The molecule has 0 radical (unpaired) electrons. The quantitative estimate of drug-likeness (QED) is 0.378. The highest BCUT2D eigenvalue weighted by molar-refractivity contribution is 7.99. The van der Waals surface area contributed by atoms with Crippen molar-refractivity contribution in [3.05, 3.63) is 34.5 Å². The van der Waals surface area contributed by atoms with E-state index in [2.05, 4.69) is 26.7 Å². The Kier molecular flexibility index (Phi) is 7.13. The highest BCUT2D eigenvalue weighted by Crippen LogP contribution is 2.35. The summed E-state index contributed by atoms with van der Waals surface area (Å²) >= 11 is 2.72. The number of thiophene rings is 1. The summed E-state index contributed by atoms with van der Waals surface area (Å²) in [4.78, 5) is 25.6. The smallest absolute Gasteiger partial charge is 0.341 e. The Morgan fingerprint density at radius 1 is 1.34 bits per heavy atom. The lowest BCUT2D eigenvalue weighted by atomic mass is 10.1. The van der Waals surface area contributed by atoms with Crippen molar-refractivity contribution in [2.24, 2.45) is 0 Å². The van der Waals surface area contributed by atoms with Crippen LogP contribution in [0.25, 0.3) is 0 Å². The zero-order valence-corrected chi connectivity index (χ0v) is 18.6. The van der Waals surface area contributed by atoms with Gasteiger partial charge in [0.1, 0.15) is 10.8 Å². The number of rotatable bonds is 8. The molecule has 1 aliphatic rings. The molecule has 1 saturated carbocycles. The SMILES string of the molecule is C=CCn1c(SCC(=O)Nc2sc(C)c(C)c2C(=O)OC)nnc1C1CCCC1. The number of aromatic nitrogens is 3. The highest BCUT2D eigenvalue weighted by atomic mass is 32.2. The predicted molar refractivity (Wildman–Crippen MR) is 116 cm³/mol. The fourth-order valence-electron chi connectivity index (χ4n) is 3.55. The maximum atomic E-state index is 12.5. The van der Waals surface area contributed by atoms with E-state index in [9.17, 15) is 9.59 Å². The summed E-state index contributed by atoms with van der Waals surface area (Å²) in [5.41, 5.74) is 1.25. The number of amides is 1. The maximum absolute atomic E-state index is 12.5. The van der Waals surface area contributed by atoms with Gasteiger partial charge >= 0.3 is 5.97 Å². The minimum Gasteiger partial charge on any atom is -0.465 e. The molecule has 3 rings (SSSR count). The van der Waals surface area contributed by atoms with Crippen LogP contribution in [0.4, 0.5) is 5.00 Å². The number of methoxy groups -OCH3 is 1. The molecule has 2 heterocycles. The molecule has 0 aliphatic heterocycles. The average Bonchev–Trinajstić information content (AvgIpc) is 3.41. The van der Waals surface area contributed by atoms with E-state index < -0.39 is 5.97 Å². The Bertz CT molecular complexity index is 913. The van der Waals surface area contributed by atoms with E-state index in [0.717, 1.165) is 29.1 Å². The van der Waals surface area contributed by atoms with Crippen LogP contribution >= 0.6 is 23.1 Å². The minimum absolute atomic E-state index is 0.177. The number of allylic oxidation sites excluding steroid dienone is 1. The summed E-state index contributed by atoms with van der Waals surface area (Å²) < 4.78 is 6.91. The van der Waals surface area contributed by atoms with Crippen LogP contribution in [0.2, 0.25) is 0 Å². The summed E-state index contributed by atoms with van der Waals surface area (Å²) in [6.07, 6.45) is 6.53. The summed E-state index contributed by atoms with van der Waals surface area (Å²) in [5, 5.41) is 12.8. The second-order valence-electron chi connectivity index (χ2n) is 7.04. The lowest BCUT2D eigenvalue weighted by Crippen LogP contribution is -2.16. The Labute approximate surface area is 178 Å². The first-order valence-corrected chi connectivity index (χ1v) is 11.4. The van der Waals surface area contributed by atoms with Crippen molar-refractivity contribution in [3.8, 4) is 0 Å². The third-order valence-electron chi connectivity index (χ3n) is 5.14. The molecular weight excluding hydrogens is 408 g/mol. The first-order valence-electron chi connectivity index (χ1n) is 9.61. The number of nitrogens with zero attached hydrogens (tertiary/aromatic N) is 3. The number of aryl methyl sites for hydroxylation is 1. The molecule has 1 fully saturated rings. The highest BCUT2D eigenvalue weighted by Gasteiger charge is 2.25. The zero-order chi connectivity index (χ0) is 21.0. The standard InChI is InChI=1S/C20H26N4O3S2/c1-5-10-24-17(14-8-6-7-9-14)22-23-20(24)28-11-15(25)21-18-16(19(26)27-4)12(2)13(3)29-18/h5,14H,1,6-11H2,2-4H3,(H,21,25). The van der Waals surface area contributed by atoms with Gasteiger partial charge in [-0.05, 0) is 32.3 Å². The molecule has 0 spiro atoms. The lowest BCUT2D eigenvalue weighted by molar-refractivity contribution is -0.113. The zero-order valence-electron chi connectivity index (χ0n) is 17.0. The topological polar surface area (TPSA) is 86.1 Å². The molecule has 0 unspecified atom stereocenters. The minimum atomic E-state index is -0.443. The number of thioether (sulfide) groups is 1. The Hall–Kier alpha value is -2.13. The largest absolute Gasteiger partial charge is 0.465 e. The average molecular weight is 435 g/mol. The molecule has 2 aromatic rings. The van der Waals surface area contributed by atoms with Gasteiger partial charge in [-0.15, -0.1) is 28.1 Å². The third kappa shape index (κ3) is 4.72. The number of hydrogen-bond donors (Lipinski definition) is 1. The van der Waals surface area contributed by atoms with E-state index in [4.69, 9.17) is 4.74 Å². The van der Waals surface area contributed by atoms with E-state index >= 15 is 0 Å². The first kappa shape index (κ1) is 21.6. The number of hydrogen-bond acceptors (Lipinski definition) is 7. The van der Waals surface area contributed by atoms with Gasteiger partial charge < -0.3 is 14.6 Å². The molecule has 156 valence electrons. The van der Waals surface area contributed by atoms with Gasteiger partial charge in [-0.25, -0.2) is 4.79 Å². The predicted octanol–water partition coefficient (Wildman–Crippen LogP) is 4.32. The van der Waals surface area contributed by atoms with Gasteiger partial charge in [0.2, 0.25) is 5.91 Å². The first-order chi connectivity index (χ1) is 14.0. The fraction of sp³-hybridized carbons (Fsp3) is 0.500. The number of ether oxygens (including phenoxy) is 1. The van der Waals surface area contributed by atoms with Gasteiger partial charge in [-0.2, -0.15) is 0 Å². The molecule has 0 saturated heterocycles. The third-order valence-corrected chi connectivity index (χ3v) is 7.23. The van der Waals surface area contributed by atoms with Crippen LogP contribution in [-0.4, -0.2) is 39.5 Å². The normalized spacial score (nSPS) is 14.2. The van der Waals surface area contributed by atoms with E-state index in [0.29, 0.717) is 28.2 Å². The van der Waals surface area contributed by atoms with Gasteiger partial charge in [-0.3, -0.25) is 4.79 Å². The molecule has 2 aromatic heterocycles. The van der Waals surface area contributed by atoms with Crippen molar-refractivity contribution in [1.82, 2.24) is 14.8 Å². The van der Waals surface area contributed by atoms with Crippen molar-refractivity contribution in [3.63, 3.8) is 0 Å². The summed E-state index contributed by atoms with van der Waals surface area (Å²) in [7, 11) is 1.34. The molecule has 29 heavy (non-hydrogen) atoms. The van der Waals surface area contributed by atoms with Crippen LogP contribution in [0.5, 0.6) is 0 Å².